The lowest BCUT2D eigenvalue weighted by Gasteiger charge is -2.47. The van der Waals surface area contributed by atoms with Crippen molar-refractivity contribution in [1.29, 1.82) is 0 Å². The van der Waals surface area contributed by atoms with E-state index in [1.165, 1.54) is 0 Å². The van der Waals surface area contributed by atoms with Gasteiger partial charge in [0.15, 0.2) is 0 Å². The van der Waals surface area contributed by atoms with Gasteiger partial charge in [0.1, 0.15) is 6.04 Å². The maximum Gasteiger partial charge on any atom is 0.247 e. The Morgan fingerprint density at radius 3 is 2.82 bits per heavy atom. The zero-order chi connectivity index (χ0) is 12.5. The van der Waals surface area contributed by atoms with E-state index < -0.39 is 5.60 Å². The van der Waals surface area contributed by atoms with Crippen molar-refractivity contribution in [3.8, 4) is 0 Å². The van der Waals surface area contributed by atoms with E-state index in [-0.39, 0.29) is 11.9 Å². The molecule has 0 aromatic carbocycles. The van der Waals surface area contributed by atoms with Crippen LogP contribution in [-0.4, -0.2) is 44.4 Å². The predicted octanol–water partition coefficient (Wildman–Crippen LogP) is 0.818. The molecular weight excluding hydrogens is 218 g/mol. The van der Waals surface area contributed by atoms with Gasteiger partial charge >= 0.3 is 0 Å². The first-order chi connectivity index (χ1) is 8.06. The van der Waals surface area contributed by atoms with Crippen LogP contribution in [0.5, 0.6) is 0 Å². The van der Waals surface area contributed by atoms with Gasteiger partial charge in [0, 0.05) is 12.4 Å². The Bertz CT molecular complexity index is 382. The van der Waals surface area contributed by atoms with E-state index >= 15 is 0 Å². The second-order valence-corrected chi connectivity index (χ2v) is 4.83. The smallest absolute Gasteiger partial charge is 0.247 e. The van der Waals surface area contributed by atoms with Gasteiger partial charge in [-0.2, -0.15) is 5.10 Å². The van der Waals surface area contributed by atoms with Crippen LogP contribution in [0.2, 0.25) is 0 Å². The molecule has 5 heteroatoms. The third-order valence-corrected chi connectivity index (χ3v) is 3.28. The summed E-state index contributed by atoms with van der Waals surface area (Å²) < 4.78 is 1.64. The van der Waals surface area contributed by atoms with Crippen LogP contribution in [-0.2, 0) is 4.79 Å². The SMILES string of the molecule is CCCC1(O)CN(C(=O)C(C)n2cccn2)C1. The Morgan fingerprint density at radius 2 is 2.29 bits per heavy atom. The van der Waals surface area contributed by atoms with E-state index in [2.05, 4.69) is 5.10 Å². The van der Waals surface area contributed by atoms with Crippen LogP contribution < -0.4 is 0 Å². The molecule has 0 aliphatic carbocycles. The van der Waals surface area contributed by atoms with Crippen LogP contribution in [0.3, 0.4) is 0 Å². The molecule has 0 radical (unpaired) electrons. The predicted molar refractivity (Wildman–Crippen MR) is 63.4 cm³/mol. The summed E-state index contributed by atoms with van der Waals surface area (Å²) in [6.07, 6.45) is 5.13. The van der Waals surface area contributed by atoms with Crippen molar-refractivity contribution in [2.45, 2.75) is 38.3 Å². The number of carbonyl (C=O) groups excluding carboxylic acids is 1. The Balaban J connectivity index is 1.91. The van der Waals surface area contributed by atoms with Crippen molar-refractivity contribution in [3.05, 3.63) is 18.5 Å². The van der Waals surface area contributed by atoms with Gasteiger partial charge in [-0.3, -0.25) is 9.48 Å². The third-order valence-electron chi connectivity index (χ3n) is 3.28. The minimum absolute atomic E-state index is 0.0227. The molecule has 0 saturated carbocycles. The second kappa shape index (κ2) is 4.49. The molecule has 17 heavy (non-hydrogen) atoms. The number of likely N-dealkylation sites (tertiary alicyclic amines) is 1. The Morgan fingerprint density at radius 1 is 1.59 bits per heavy atom. The molecule has 0 spiro atoms. The Kier molecular flexibility index (Phi) is 3.19. The second-order valence-electron chi connectivity index (χ2n) is 4.83. The van der Waals surface area contributed by atoms with Crippen LogP contribution in [0.15, 0.2) is 18.5 Å². The molecule has 5 nitrogen and oxygen atoms in total. The molecule has 1 aromatic rings. The van der Waals surface area contributed by atoms with Gasteiger partial charge in [-0.1, -0.05) is 13.3 Å². The first kappa shape index (κ1) is 12.1. The minimum atomic E-state index is -0.658. The summed E-state index contributed by atoms with van der Waals surface area (Å²) in [5, 5.41) is 14.1. The van der Waals surface area contributed by atoms with Gasteiger partial charge in [0.05, 0.1) is 18.7 Å². The number of aromatic nitrogens is 2. The van der Waals surface area contributed by atoms with Crippen LogP contribution >= 0.6 is 0 Å². The molecule has 94 valence electrons. The average molecular weight is 237 g/mol. The molecule has 1 N–H and O–H groups in total. The fraction of sp³-hybridized carbons (Fsp3) is 0.667. The van der Waals surface area contributed by atoms with Gasteiger partial charge in [-0.25, -0.2) is 0 Å². The van der Waals surface area contributed by atoms with Gasteiger partial charge in [-0.15, -0.1) is 0 Å². The normalized spacial score (nSPS) is 19.8. The van der Waals surface area contributed by atoms with E-state index in [9.17, 15) is 9.90 Å². The lowest BCUT2D eigenvalue weighted by Crippen LogP contribution is -2.64. The Labute approximate surface area is 101 Å². The van der Waals surface area contributed by atoms with Crippen molar-refractivity contribution in [2.24, 2.45) is 0 Å². The fourth-order valence-corrected chi connectivity index (χ4v) is 2.33. The quantitative estimate of drug-likeness (QED) is 0.843. The summed E-state index contributed by atoms with van der Waals surface area (Å²) in [6.45, 7) is 4.76. The number of aliphatic hydroxyl groups is 1. The standard InChI is InChI=1S/C12H19N3O2/c1-3-5-12(17)8-14(9-12)11(16)10(2)15-7-4-6-13-15/h4,6-7,10,17H,3,5,8-9H2,1-2H3. The minimum Gasteiger partial charge on any atom is -0.386 e. The topological polar surface area (TPSA) is 58.4 Å². The molecule has 1 amide bonds. The molecule has 1 atom stereocenters. The number of rotatable bonds is 4. The number of hydrogen-bond donors (Lipinski definition) is 1. The molecule has 0 bridgehead atoms. The van der Waals surface area contributed by atoms with Gasteiger partial charge in [-0.05, 0) is 19.4 Å². The molecule has 1 saturated heterocycles. The molecule has 1 aliphatic rings. The monoisotopic (exact) mass is 237 g/mol. The van der Waals surface area contributed by atoms with Crippen molar-refractivity contribution in [3.63, 3.8) is 0 Å². The maximum atomic E-state index is 12.1. The number of amides is 1. The highest BCUT2D eigenvalue weighted by Crippen LogP contribution is 2.27. The number of hydrogen-bond acceptors (Lipinski definition) is 3. The summed E-state index contributed by atoms with van der Waals surface area (Å²) in [4.78, 5) is 13.8. The van der Waals surface area contributed by atoms with E-state index in [4.69, 9.17) is 0 Å². The van der Waals surface area contributed by atoms with Crippen LogP contribution in [0.25, 0.3) is 0 Å². The highest BCUT2D eigenvalue weighted by molar-refractivity contribution is 5.81. The van der Waals surface area contributed by atoms with E-state index in [1.807, 2.05) is 13.8 Å². The number of β-amino-alcohol motifs (C(OH)–C–C–N with tert-alkyl or cyclic N) is 1. The molecule has 2 heterocycles. The van der Waals surface area contributed by atoms with Crippen molar-refractivity contribution >= 4 is 5.91 Å². The van der Waals surface area contributed by atoms with Crippen molar-refractivity contribution < 1.29 is 9.90 Å². The summed E-state index contributed by atoms with van der Waals surface area (Å²) in [5.74, 6) is 0.0227. The Hall–Kier alpha value is -1.36. The van der Waals surface area contributed by atoms with Gasteiger partial charge in [0.2, 0.25) is 5.91 Å². The molecule has 1 fully saturated rings. The zero-order valence-electron chi connectivity index (χ0n) is 10.3. The van der Waals surface area contributed by atoms with Crippen LogP contribution in [0.1, 0.15) is 32.7 Å². The molecular formula is C12H19N3O2. The summed E-state index contributed by atoms with van der Waals surface area (Å²) in [7, 11) is 0. The van der Waals surface area contributed by atoms with Crippen molar-refractivity contribution in [1.82, 2.24) is 14.7 Å². The first-order valence-corrected chi connectivity index (χ1v) is 6.06. The van der Waals surface area contributed by atoms with Crippen molar-refractivity contribution in [2.75, 3.05) is 13.1 Å². The summed E-state index contributed by atoms with van der Waals surface area (Å²) in [5.41, 5.74) is -0.658. The maximum absolute atomic E-state index is 12.1. The van der Waals surface area contributed by atoms with E-state index in [1.54, 1.807) is 28.0 Å². The number of carbonyl (C=O) groups is 1. The van der Waals surface area contributed by atoms with E-state index in [0.29, 0.717) is 13.1 Å². The highest BCUT2D eigenvalue weighted by atomic mass is 16.3. The zero-order valence-corrected chi connectivity index (χ0v) is 10.3. The third kappa shape index (κ3) is 2.34. The number of nitrogens with zero attached hydrogens (tertiary/aromatic N) is 3. The fourth-order valence-electron chi connectivity index (χ4n) is 2.33. The molecule has 2 rings (SSSR count). The summed E-state index contributed by atoms with van der Waals surface area (Å²) in [6, 6.07) is 1.50. The highest BCUT2D eigenvalue weighted by Gasteiger charge is 2.43. The van der Waals surface area contributed by atoms with Crippen LogP contribution in [0.4, 0.5) is 0 Å². The lowest BCUT2D eigenvalue weighted by molar-refractivity contribution is -0.159. The van der Waals surface area contributed by atoms with E-state index in [0.717, 1.165) is 12.8 Å². The van der Waals surface area contributed by atoms with Crippen LogP contribution in [0, 0.1) is 0 Å². The van der Waals surface area contributed by atoms with Gasteiger partial charge < -0.3 is 10.0 Å². The first-order valence-electron chi connectivity index (χ1n) is 6.06. The molecule has 1 aliphatic heterocycles. The largest absolute Gasteiger partial charge is 0.386 e. The average Bonchev–Trinajstić information content (AvgIpc) is 2.77. The summed E-state index contributed by atoms with van der Waals surface area (Å²) >= 11 is 0. The molecule has 1 unspecified atom stereocenters. The van der Waals surface area contributed by atoms with Gasteiger partial charge in [0.25, 0.3) is 0 Å². The molecule has 1 aromatic heterocycles. The lowest BCUT2D eigenvalue weighted by atomic mass is 9.89.